The molecule has 12 heteroatoms. The van der Waals surface area contributed by atoms with Gasteiger partial charge in [-0.15, -0.1) is 0 Å². The lowest BCUT2D eigenvalue weighted by Crippen LogP contribution is -2.43. The molecule has 48 heavy (non-hydrogen) atoms. The first kappa shape index (κ1) is 33.2. The molecule has 0 bridgehead atoms. The third-order valence-corrected chi connectivity index (χ3v) is 10.5. The minimum atomic E-state index is -1.40. The number of amides is 4. The quantitative estimate of drug-likeness (QED) is 0.0453. The van der Waals surface area contributed by atoms with Crippen molar-refractivity contribution in [2.24, 2.45) is 0 Å². The first-order valence-corrected chi connectivity index (χ1v) is 21.9. The molecular formula is C36H26Cl4N2O4S2. The zero-order chi connectivity index (χ0) is 34.8. The van der Waals surface area contributed by atoms with Crippen molar-refractivity contribution in [2.75, 3.05) is 37.5 Å². The minimum Gasteiger partial charge on any atom is -0.268 e. The van der Waals surface area contributed by atoms with Crippen LogP contribution in [0.5, 0.6) is 0 Å². The van der Waals surface area contributed by atoms with E-state index in [9.17, 15) is 19.2 Å². The Morgan fingerprint density at radius 1 is 0.500 bits per heavy atom. The highest BCUT2D eigenvalue weighted by Crippen LogP contribution is 2.49. The van der Waals surface area contributed by atoms with Gasteiger partial charge in [0.2, 0.25) is 0 Å². The third-order valence-electron chi connectivity index (χ3n) is 8.28. The van der Waals surface area contributed by atoms with Gasteiger partial charge in [-0.3, -0.25) is 19.2 Å². The monoisotopic (exact) mass is 754 g/mol. The fourth-order valence-corrected chi connectivity index (χ4v) is 8.01. The summed E-state index contributed by atoms with van der Waals surface area (Å²) in [6.07, 6.45) is 12.4. The fraction of sp³-hybridized carbons (Fsp3) is 0.222. The lowest BCUT2D eigenvalue weighted by molar-refractivity contribution is 0.0607. The Kier molecular flexibility index (Phi) is 7.66. The smallest absolute Gasteiger partial charge is 0.263 e. The second-order valence-corrected chi connectivity index (χ2v) is 23.0. The van der Waals surface area contributed by atoms with E-state index in [1.165, 1.54) is 0 Å². The Hall–Kier alpha value is -3.34. The molecule has 0 aromatic heterocycles. The van der Waals surface area contributed by atoms with Crippen molar-refractivity contribution in [1.29, 1.82) is 0 Å². The van der Waals surface area contributed by atoms with Crippen molar-refractivity contribution in [3.63, 3.8) is 0 Å². The molecule has 2 heterocycles. The second kappa shape index (κ2) is 11.1. The molecule has 2 aliphatic rings. The van der Waals surface area contributed by atoms with E-state index in [1.54, 1.807) is 24.3 Å². The number of rotatable bonds is 2. The van der Waals surface area contributed by atoms with E-state index >= 15 is 0 Å². The molecule has 0 unspecified atom stereocenters. The van der Waals surface area contributed by atoms with Gasteiger partial charge in [0.05, 0.1) is 11.1 Å². The van der Waals surface area contributed by atoms with Crippen LogP contribution in [0.3, 0.4) is 0 Å². The molecule has 4 amide bonds. The van der Waals surface area contributed by atoms with Crippen LogP contribution < -0.4 is 0 Å². The Labute approximate surface area is 299 Å². The molecule has 7 rings (SSSR count). The molecule has 0 atom stereocenters. The normalized spacial score (nSPS) is 15.7. The number of carbonyl (C=O) groups is 4. The van der Waals surface area contributed by atoms with Crippen molar-refractivity contribution in [1.82, 2.24) is 9.80 Å². The molecule has 244 valence electrons. The lowest BCUT2D eigenvalue weighted by Gasteiger charge is -2.31. The molecule has 5 aromatic rings. The Bertz CT molecular complexity index is 2320. The highest BCUT2D eigenvalue weighted by molar-refractivity contribution is 8.36. The summed E-state index contributed by atoms with van der Waals surface area (Å²) in [5.74, 6) is 4.21. The van der Waals surface area contributed by atoms with Gasteiger partial charge in [0.25, 0.3) is 23.6 Å². The van der Waals surface area contributed by atoms with Crippen molar-refractivity contribution in [3.05, 3.63) is 69.8 Å². The number of hydrogen-bond acceptors (Lipinski definition) is 4. The van der Waals surface area contributed by atoms with E-state index in [-0.39, 0.29) is 22.3 Å². The number of hydrogen-bond donors (Lipinski definition) is 0. The number of halogens is 4. The molecule has 0 spiro atoms. The van der Waals surface area contributed by atoms with Crippen molar-refractivity contribution in [3.8, 4) is 22.3 Å². The number of nitrogens with zero attached hydrogens (tertiary/aromatic N) is 2. The molecule has 0 radical (unpaired) electrons. The van der Waals surface area contributed by atoms with Crippen LogP contribution in [0.2, 0.25) is 0 Å². The summed E-state index contributed by atoms with van der Waals surface area (Å²) in [5.41, 5.74) is 2.15. The third kappa shape index (κ3) is 4.92. The highest BCUT2D eigenvalue weighted by Gasteiger charge is 2.40. The molecule has 0 aliphatic carbocycles. The maximum atomic E-state index is 13.9. The fourth-order valence-electron chi connectivity index (χ4n) is 6.47. The van der Waals surface area contributed by atoms with Gasteiger partial charge in [0.15, 0.2) is 9.92 Å². The summed E-state index contributed by atoms with van der Waals surface area (Å²) in [5, 5.41) is 11.7. The molecule has 0 fully saturated rings. The zero-order valence-corrected chi connectivity index (χ0v) is 31.1. The SMILES string of the molecule is CS(C)(C)C#Cc1cc2c3c(ccc4c5c(C#CS(C)(C)C)cc6c7c(ccc(c1c34)c75)C(=O)N(C(Cl)Cl)C6=O)C(=O)N(C(Cl)Cl)C2=O. The van der Waals surface area contributed by atoms with Crippen LogP contribution in [0.15, 0.2) is 36.4 Å². The van der Waals surface area contributed by atoms with E-state index in [2.05, 4.69) is 59.9 Å². The van der Waals surface area contributed by atoms with E-state index in [0.29, 0.717) is 54.2 Å². The maximum Gasteiger partial charge on any atom is 0.263 e. The van der Waals surface area contributed by atoms with Gasteiger partial charge in [-0.1, -0.05) is 70.4 Å². The maximum absolute atomic E-state index is 13.9. The summed E-state index contributed by atoms with van der Waals surface area (Å²) in [7, 11) is -2.64. The van der Waals surface area contributed by atoms with Crippen LogP contribution in [0.25, 0.3) is 43.1 Å². The predicted octanol–water partition coefficient (Wildman–Crippen LogP) is 8.46. The van der Waals surface area contributed by atoms with E-state index in [4.69, 9.17) is 46.4 Å². The molecule has 0 saturated heterocycles. The van der Waals surface area contributed by atoms with Gasteiger partial charge in [0.1, 0.15) is 0 Å². The molecule has 0 N–H and O–H groups in total. The average Bonchev–Trinajstić information content (AvgIpc) is 2.98. The van der Waals surface area contributed by atoms with E-state index < -0.39 is 53.6 Å². The summed E-state index contributed by atoms with van der Waals surface area (Å²) in [6, 6.07) is 10.3. The molecule has 5 aromatic carbocycles. The minimum absolute atomic E-state index is 0.252. The molecule has 2 aliphatic heterocycles. The molecule has 0 saturated carbocycles. The van der Waals surface area contributed by atoms with Crippen molar-refractivity contribution in [2.45, 2.75) is 9.92 Å². The van der Waals surface area contributed by atoms with E-state index in [1.807, 2.05) is 12.1 Å². The first-order valence-electron chi connectivity index (χ1n) is 14.4. The predicted molar refractivity (Wildman–Crippen MR) is 204 cm³/mol. The van der Waals surface area contributed by atoms with Crippen LogP contribution in [-0.2, 0) is 0 Å². The number of imide groups is 2. The number of benzene rings is 5. The summed E-state index contributed by atoms with van der Waals surface area (Å²) < 4.78 is 0. The van der Waals surface area contributed by atoms with Gasteiger partial charge in [0, 0.05) is 54.6 Å². The van der Waals surface area contributed by atoms with Crippen molar-refractivity contribution >= 4 is 133 Å². The Balaban J connectivity index is 1.78. The molecule has 6 nitrogen and oxygen atoms in total. The average molecular weight is 757 g/mol. The Morgan fingerprint density at radius 2 is 0.833 bits per heavy atom. The van der Waals surface area contributed by atoms with Crippen LogP contribution >= 0.6 is 66.5 Å². The van der Waals surface area contributed by atoms with Crippen LogP contribution in [0, 0.1) is 22.3 Å². The number of fused-ring (bicyclic) bond motifs is 2. The number of alkyl halides is 4. The topological polar surface area (TPSA) is 74.8 Å². The van der Waals surface area contributed by atoms with Gasteiger partial charge >= 0.3 is 0 Å². The molecular weight excluding hydrogens is 730 g/mol. The largest absolute Gasteiger partial charge is 0.268 e. The van der Waals surface area contributed by atoms with Gasteiger partial charge in [-0.2, -0.15) is 20.1 Å². The van der Waals surface area contributed by atoms with Gasteiger partial charge < -0.3 is 0 Å². The van der Waals surface area contributed by atoms with Crippen LogP contribution in [-0.4, -0.2) is 80.9 Å². The zero-order valence-electron chi connectivity index (χ0n) is 26.5. The van der Waals surface area contributed by atoms with Crippen molar-refractivity contribution < 1.29 is 19.2 Å². The van der Waals surface area contributed by atoms with Gasteiger partial charge in [-0.25, -0.2) is 9.80 Å². The summed E-state index contributed by atoms with van der Waals surface area (Å²) >= 11 is 24.6. The second-order valence-electron chi connectivity index (χ2n) is 13.2. The first-order chi connectivity index (χ1) is 22.4. The summed E-state index contributed by atoms with van der Waals surface area (Å²) in [4.78, 5) is 54.2. The van der Waals surface area contributed by atoms with Crippen LogP contribution in [0.4, 0.5) is 0 Å². The number of carbonyl (C=O) groups excluding carboxylic acids is 4. The highest BCUT2D eigenvalue weighted by atomic mass is 35.5. The van der Waals surface area contributed by atoms with Gasteiger partial charge in [-0.05, 0) is 83.1 Å². The lowest BCUT2D eigenvalue weighted by atomic mass is 9.79. The van der Waals surface area contributed by atoms with E-state index in [0.717, 1.165) is 9.80 Å². The standard InChI is InChI=1S/C36H26Cl4N2O4S2/c1-47(2,3)13-11-17-15-23-27-21(31(43)41(33(23)45)35(37)38)10-8-20-26-18(12-14-48(4,5)6)16-24-28-22(32(44)42(34(24)46)36(39)40)9-7-19(30(26)28)25(17)29(20)27/h7-10,15-16,35-36H,1-6H3. The Morgan fingerprint density at radius 3 is 1.15 bits per heavy atom. The summed E-state index contributed by atoms with van der Waals surface area (Å²) in [6.45, 7) is 0. The van der Waals surface area contributed by atoms with Crippen LogP contribution in [0.1, 0.15) is 52.6 Å².